The highest BCUT2D eigenvalue weighted by atomic mass is 19.4. The van der Waals surface area contributed by atoms with Crippen LogP contribution in [0, 0.1) is 0 Å². The molecule has 0 radical (unpaired) electrons. The van der Waals surface area contributed by atoms with Gasteiger partial charge in [-0.2, -0.15) is 13.2 Å². The Bertz CT molecular complexity index is 567. The number of aromatic hydroxyl groups is 1. The molecule has 2 N–H and O–H groups in total. The van der Waals surface area contributed by atoms with Crippen molar-refractivity contribution in [2.24, 2.45) is 0 Å². The van der Waals surface area contributed by atoms with Crippen LogP contribution >= 0.6 is 0 Å². The van der Waals surface area contributed by atoms with E-state index in [-0.39, 0.29) is 5.75 Å². The molecular weight excluding hydrogens is 269 g/mol. The topological polar surface area (TPSA) is 45.1 Å². The molecule has 20 heavy (non-hydrogen) atoms. The summed E-state index contributed by atoms with van der Waals surface area (Å²) in [6.45, 7) is 0.725. The smallest absolute Gasteiger partial charge is 0.416 e. The number of hydrogen-bond acceptors (Lipinski definition) is 3. The summed E-state index contributed by atoms with van der Waals surface area (Å²) >= 11 is 0. The molecule has 0 spiro atoms. The SMILES string of the molecule is Oc1ccc(CNCc2cccc(C(F)(F)F)c2)nc1. The predicted octanol–water partition coefficient (Wildman–Crippen LogP) is 3.10. The third kappa shape index (κ3) is 3.96. The Morgan fingerprint density at radius 2 is 1.90 bits per heavy atom. The lowest BCUT2D eigenvalue weighted by molar-refractivity contribution is -0.137. The van der Waals surface area contributed by atoms with Crippen molar-refractivity contribution < 1.29 is 18.3 Å². The van der Waals surface area contributed by atoms with Gasteiger partial charge in [0.2, 0.25) is 0 Å². The van der Waals surface area contributed by atoms with E-state index in [1.165, 1.54) is 18.3 Å². The van der Waals surface area contributed by atoms with Gasteiger partial charge in [-0.15, -0.1) is 0 Å². The van der Waals surface area contributed by atoms with Crippen molar-refractivity contribution in [2.75, 3.05) is 0 Å². The zero-order chi connectivity index (χ0) is 14.6. The van der Waals surface area contributed by atoms with Gasteiger partial charge >= 0.3 is 6.18 Å². The molecule has 0 aliphatic carbocycles. The normalized spacial score (nSPS) is 11.6. The Morgan fingerprint density at radius 1 is 1.10 bits per heavy atom. The lowest BCUT2D eigenvalue weighted by Crippen LogP contribution is -2.14. The van der Waals surface area contributed by atoms with E-state index in [0.29, 0.717) is 24.3 Å². The third-order valence-corrected chi connectivity index (χ3v) is 2.70. The molecule has 0 unspecified atom stereocenters. The van der Waals surface area contributed by atoms with E-state index in [4.69, 9.17) is 5.11 Å². The van der Waals surface area contributed by atoms with E-state index in [0.717, 1.165) is 12.1 Å². The number of pyridine rings is 1. The molecule has 106 valence electrons. The number of alkyl halides is 3. The van der Waals surface area contributed by atoms with Gasteiger partial charge in [0.25, 0.3) is 0 Å². The van der Waals surface area contributed by atoms with Crippen molar-refractivity contribution in [3.63, 3.8) is 0 Å². The number of aromatic nitrogens is 1. The quantitative estimate of drug-likeness (QED) is 0.905. The molecule has 1 heterocycles. The molecule has 0 saturated carbocycles. The number of rotatable bonds is 4. The fourth-order valence-corrected chi connectivity index (χ4v) is 1.71. The minimum Gasteiger partial charge on any atom is -0.506 e. The summed E-state index contributed by atoms with van der Waals surface area (Å²) in [5, 5.41) is 12.1. The fraction of sp³-hybridized carbons (Fsp3) is 0.214. The number of nitrogens with one attached hydrogen (secondary N) is 1. The summed E-state index contributed by atoms with van der Waals surface area (Å²) in [6, 6.07) is 8.34. The zero-order valence-electron chi connectivity index (χ0n) is 10.5. The van der Waals surface area contributed by atoms with E-state index in [1.807, 2.05) is 0 Å². The molecule has 0 fully saturated rings. The average molecular weight is 282 g/mol. The summed E-state index contributed by atoms with van der Waals surface area (Å²) in [6.07, 6.45) is -3.00. The van der Waals surface area contributed by atoms with E-state index in [2.05, 4.69) is 10.3 Å². The van der Waals surface area contributed by atoms with E-state index < -0.39 is 11.7 Å². The number of nitrogens with zero attached hydrogens (tertiary/aromatic N) is 1. The molecular formula is C14H13F3N2O. The van der Waals surface area contributed by atoms with Crippen LogP contribution in [0.25, 0.3) is 0 Å². The fourth-order valence-electron chi connectivity index (χ4n) is 1.71. The Morgan fingerprint density at radius 3 is 2.55 bits per heavy atom. The van der Waals surface area contributed by atoms with Gasteiger partial charge in [-0.1, -0.05) is 18.2 Å². The van der Waals surface area contributed by atoms with Crippen LogP contribution in [-0.4, -0.2) is 10.1 Å². The van der Waals surface area contributed by atoms with Crippen LogP contribution < -0.4 is 5.32 Å². The Kier molecular flexibility index (Phi) is 4.24. The second kappa shape index (κ2) is 5.92. The maximum atomic E-state index is 12.5. The number of benzene rings is 1. The lowest BCUT2D eigenvalue weighted by Gasteiger charge is -2.09. The van der Waals surface area contributed by atoms with Gasteiger partial charge in [-0.05, 0) is 23.8 Å². The maximum absolute atomic E-state index is 12.5. The molecule has 2 rings (SSSR count). The van der Waals surface area contributed by atoms with Gasteiger partial charge in [0.15, 0.2) is 0 Å². The highest BCUT2D eigenvalue weighted by molar-refractivity contribution is 5.25. The average Bonchev–Trinajstić information content (AvgIpc) is 2.40. The van der Waals surface area contributed by atoms with Crippen LogP contribution in [0.3, 0.4) is 0 Å². The summed E-state index contributed by atoms with van der Waals surface area (Å²) < 4.78 is 37.6. The van der Waals surface area contributed by atoms with Gasteiger partial charge in [0, 0.05) is 13.1 Å². The van der Waals surface area contributed by atoms with Gasteiger partial charge in [0.05, 0.1) is 17.5 Å². The first-order valence-corrected chi connectivity index (χ1v) is 5.96. The van der Waals surface area contributed by atoms with Crippen LogP contribution in [0.15, 0.2) is 42.6 Å². The molecule has 0 amide bonds. The molecule has 1 aromatic heterocycles. The molecule has 3 nitrogen and oxygen atoms in total. The summed E-state index contributed by atoms with van der Waals surface area (Å²) in [4.78, 5) is 3.97. The molecule has 2 aromatic rings. The highest BCUT2D eigenvalue weighted by Gasteiger charge is 2.30. The van der Waals surface area contributed by atoms with Crippen molar-refractivity contribution in [1.29, 1.82) is 0 Å². The second-order valence-corrected chi connectivity index (χ2v) is 4.31. The Labute approximate surface area is 114 Å². The highest BCUT2D eigenvalue weighted by Crippen LogP contribution is 2.29. The molecule has 0 atom stereocenters. The Hall–Kier alpha value is -2.08. The van der Waals surface area contributed by atoms with E-state index >= 15 is 0 Å². The van der Waals surface area contributed by atoms with Crippen LogP contribution in [0.4, 0.5) is 13.2 Å². The molecule has 0 bridgehead atoms. The lowest BCUT2D eigenvalue weighted by atomic mass is 10.1. The first-order valence-electron chi connectivity index (χ1n) is 5.96. The zero-order valence-corrected chi connectivity index (χ0v) is 10.5. The minimum atomic E-state index is -4.32. The largest absolute Gasteiger partial charge is 0.506 e. The minimum absolute atomic E-state index is 0.0756. The number of halogens is 3. The molecule has 6 heteroatoms. The monoisotopic (exact) mass is 282 g/mol. The van der Waals surface area contributed by atoms with E-state index in [9.17, 15) is 13.2 Å². The van der Waals surface area contributed by atoms with Crippen molar-refractivity contribution in [2.45, 2.75) is 19.3 Å². The molecule has 1 aromatic carbocycles. The van der Waals surface area contributed by atoms with Crippen molar-refractivity contribution in [1.82, 2.24) is 10.3 Å². The molecule has 0 aliphatic heterocycles. The second-order valence-electron chi connectivity index (χ2n) is 4.31. The van der Waals surface area contributed by atoms with Gasteiger partial charge in [-0.25, -0.2) is 0 Å². The standard InChI is InChI=1S/C14H13F3N2O/c15-14(16,17)11-3-1-2-10(6-11)7-18-8-12-4-5-13(20)9-19-12/h1-6,9,18,20H,7-8H2. The van der Waals surface area contributed by atoms with Crippen LogP contribution in [0.5, 0.6) is 5.75 Å². The van der Waals surface area contributed by atoms with Gasteiger partial charge in [0.1, 0.15) is 5.75 Å². The van der Waals surface area contributed by atoms with Gasteiger partial charge in [-0.3, -0.25) is 4.98 Å². The van der Waals surface area contributed by atoms with Crippen molar-refractivity contribution >= 4 is 0 Å². The van der Waals surface area contributed by atoms with Crippen LogP contribution in [0.1, 0.15) is 16.8 Å². The summed E-state index contributed by atoms with van der Waals surface area (Å²) in [5.74, 6) is 0.0756. The first-order chi connectivity index (χ1) is 9.45. The van der Waals surface area contributed by atoms with Crippen LogP contribution in [-0.2, 0) is 19.3 Å². The van der Waals surface area contributed by atoms with Crippen LogP contribution in [0.2, 0.25) is 0 Å². The first kappa shape index (κ1) is 14.3. The molecule has 0 aliphatic rings. The van der Waals surface area contributed by atoms with Gasteiger partial charge < -0.3 is 10.4 Å². The summed E-state index contributed by atoms with van der Waals surface area (Å²) in [5.41, 5.74) is 0.605. The third-order valence-electron chi connectivity index (χ3n) is 2.70. The van der Waals surface area contributed by atoms with Crippen molar-refractivity contribution in [3.8, 4) is 5.75 Å². The predicted molar refractivity (Wildman–Crippen MR) is 67.9 cm³/mol. The number of hydrogen-bond donors (Lipinski definition) is 2. The van der Waals surface area contributed by atoms with Crippen molar-refractivity contribution in [3.05, 3.63) is 59.4 Å². The van der Waals surface area contributed by atoms with E-state index in [1.54, 1.807) is 12.1 Å². The Balaban J connectivity index is 1.93. The maximum Gasteiger partial charge on any atom is 0.416 e. The summed E-state index contributed by atoms with van der Waals surface area (Å²) in [7, 11) is 0. The molecule has 0 saturated heterocycles.